The molecule has 1 aliphatic rings. The van der Waals surface area contributed by atoms with E-state index in [2.05, 4.69) is 4.98 Å². The Labute approximate surface area is 121 Å². The molecular formula is C16H29N3O. The fourth-order valence-electron chi connectivity index (χ4n) is 3.28. The van der Waals surface area contributed by atoms with E-state index in [4.69, 9.17) is 5.73 Å². The van der Waals surface area contributed by atoms with Crippen molar-refractivity contribution in [1.82, 2.24) is 9.55 Å². The topological polar surface area (TPSA) is 63.8 Å². The van der Waals surface area contributed by atoms with Gasteiger partial charge >= 0.3 is 5.69 Å². The predicted molar refractivity (Wildman–Crippen MR) is 83.0 cm³/mol. The molecule has 0 bridgehead atoms. The van der Waals surface area contributed by atoms with E-state index >= 15 is 0 Å². The molecule has 4 heteroatoms. The van der Waals surface area contributed by atoms with E-state index in [1.54, 1.807) is 4.57 Å². The van der Waals surface area contributed by atoms with Gasteiger partial charge in [-0.05, 0) is 26.7 Å². The van der Waals surface area contributed by atoms with Gasteiger partial charge in [-0.25, -0.2) is 4.79 Å². The highest BCUT2D eigenvalue weighted by atomic mass is 16.1. The number of hydrogen-bond donors (Lipinski definition) is 2. The van der Waals surface area contributed by atoms with Crippen LogP contribution in [0.4, 0.5) is 0 Å². The first-order chi connectivity index (χ1) is 9.50. The number of aromatic nitrogens is 2. The molecule has 1 aromatic rings. The number of nitrogens with zero attached hydrogens (tertiary/aromatic N) is 1. The van der Waals surface area contributed by atoms with Crippen LogP contribution in [0.15, 0.2) is 11.0 Å². The van der Waals surface area contributed by atoms with Crippen LogP contribution in [-0.4, -0.2) is 15.1 Å². The number of nitrogens with two attached hydrogens (primary N) is 1. The Morgan fingerprint density at radius 1 is 1.20 bits per heavy atom. The summed E-state index contributed by atoms with van der Waals surface area (Å²) in [6.45, 7) is 4.05. The molecular weight excluding hydrogens is 250 g/mol. The molecule has 0 saturated heterocycles. The normalized spacial score (nSPS) is 20.4. The Hall–Kier alpha value is -1.03. The lowest BCUT2D eigenvalue weighted by Crippen LogP contribution is -2.42. The highest BCUT2D eigenvalue weighted by Crippen LogP contribution is 2.26. The molecule has 1 aliphatic carbocycles. The number of aromatic amines is 1. The maximum atomic E-state index is 11.9. The summed E-state index contributed by atoms with van der Waals surface area (Å²) in [4.78, 5) is 14.8. The fourth-order valence-corrected chi connectivity index (χ4v) is 3.28. The summed E-state index contributed by atoms with van der Waals surface area (Å²) in [5.74, 6) is 0. The highest BCUT2D eigenvalue weighted by molar-refractivity contribution is 5.05. The lowest BCUT2D eigenvalue weighted by Gasteiger charge is -2.28. The van der Waals surface area contributed by atoms with Crippen molar-refractivity contribution in [3.8, 4) is 0 Å². The van der Waals surface area contributed by atoms with Crippen molar-refractivity contribution in [2.75, 3.05) is 0 Å². The van der Waals surface area contributed by atoms with Gasteiger partial charge in [-0.15, -0.1) is 0 Å². The zero-order valence-corrected chi connectivity index (χ0v) is 13.0. The van der Waals surface area contributed by atoms with Crippen LogP contribution in [0, 0.1) is 0 Å². The highest BCUT2D eigenvalue weighted by Gasteiger charge is 2.26. The summed E-state index contributed by atoms with van der Waals surface area (Å²) in [6, 6.07) is 0.196. The standard InChI is InChI=1S/C16H29N3O/c1-13(2)19-12-14(18-15(19)20)11-16(17)9-7-5-3-4-6-8-10-16/h12-13H,3-11,17H2,1-2H3,(H,18,20). The van der Waals surface area contributed by atoms with Crippen LogP contribution in [0.2, 0.25) is 0 Å². The second kappa shape index (κ2) is 6.61. The first kappa shape index (κ1) is 15.4. The average molecular weight is 279 g/mol. The Bertz CT molecular complexity index is 462. The van der Waals surface area contributed by atoms with Crippen molar-refractivity contribution in [2.45, 2.75) is 83.2 Å². The van der Waals surface area contributed by atoms with Crippen LogP contribution in [-0.2, 0) is 6.42 Å². The largest absolute Gasteiger partial charge is 0.325 e. The molecule has 1 saturated carbocycles. The summed E-state index contributed by atoms with van der Waals surface area (Å²) in [5, 5.41) is 0. The van der Waals surface area contributed by atoms with Crippen molar-refractivity contribution in [1.29, 1.82) is 0 Å². The molecule has 4 nitrogen and oxygen atoms in total. The summed E-state index contributed by atoms with van der Waals surface area (Å²) in [5.41, 5.74) is 7.47. The maximum Gasteiger partial charge on any atom is 0.325 e. The SMILES string of the molecule is CC(C)n1cc(CC2(N)CCCCCCCC2)[nH]c1=O. The van der Waals surface area contributed by atoms with E-state index in [0.717, 1.165) is 25.0 Å². The van der Waals surface area contributed by atoms with Crippen molar-refractivity contribution in [2.24, 2.45) is 5.73 Å². The maximum absolute atomic E-state index is 11.9. The molecule has 3 N–H and O–H groups in total. The molecule has 1 fully saturated rings. The van der Waals surface area contributed by atoms with Gasteiger partial charge in [0.2, 0.25) is 0 Å². The first-order valence-electron chi connectivity index (χ1n) is 8.09. The average Bonchev–Trinajstić information content (AvgIpc) is 2.76. The number of hydrogen-bond acceptors (Lipinski definition) is 2. The van der Waals surface area contributed by atoms with Gasteiger partial charge in [0.1, 0.15) is 0 Å². The lowest BCUT2D eigenvalue weighted by molar-refractivity contribution is 0.344. The first-order valence-corrected chi connectivity index (χ1v) is 8.09. The summed E-state index contributed by atoms with van der Waals surface area (Å²) in [6.07, 6.45) is 12.6. The predicted octanol–water partition coefficient (Wildman–Crippen LogP) is 3.13. The van der Waals surface area contributed by atoms with Gasteiger partial charge in [0.05, 0.1) is 0 Å². The minimum Gasteiger partial charge on any atom is -0.325 e. The second-order valence-electron chi connectivity index (χ2n) is 6.75. The summed E-state index contributed by atoms with van der Waals surface area (Å²) < 4.78 is 1.76. The van der Waals surface area contributed by atoms with Gasteiger partial charge in [-0.2, -0.15) is 0 Å². The van der Waals surface area contributed by atoms with E-state index in [0.29, 0.717) is 0 Å². The minimum atomic E-state index is -0.142. The van der Waals surface area contributed by atoms with Crippen LogP contribution < -0.4 is 11.4 Å². The second-order valence-corrected chi connectivity index (χ2v) is 6.75. The number of H-pyrrole nitrogens is 1. The summed E-state index contributed by atoms with van der Waals surface area (Å²) in [7, 11) is 0. The van der Waals surface area contributed by atoms with E-state index in [1.165, 1.54) is 38.5 Å². The van der Waals surface area contributed by atoms with Gasteiger partial charge in [-0.3, -0.25) is 4.57 Å². The lowest BCUT2D eigenvalue weighted by atomic mass is 9.85. The molecule has 1 heterocycles. The molecule has 0 radical (unpaired) electrons. The number of rotatable bonds is 3. The molecule has 0 amide bonds. The molecule has 0 aromatic carbocycles. The minimum absolute atomic E-state index is 0.0123. The fraction of sp³-hybridized carbons (Fsp3) is 0.812. The quantitative estimate of drug-likeness (QED) is 0.893. The molecule has 0 unspecified atom stereocenters. The van der Waals surface area contributed by atoms with Crippen molar-refractivity contribution in [3.05, 3.63) is 22.4 Å². The third-order valence-electron chi connectivity index (χ3n) is 4.50. The van der Waals surface area contributed by atoms with Gasteiger partial charge in [-0.1, -0.05) is 38.5 Å². The van der Waals surface area contributed by atoms with E-state index < -0.39 is 0 Å². The van der Waals surface area contributed by atoms with E-state index in [-0.39, 0.29) is 17.3 Å². The monoisotopic (exact) mass is 279 g/mol. The Kier molecular flexibility index (Phi) is 5.08. The van der Waals surface area contributed by atoms with Crippen molar-refractivity contribution in [3.63, 3.8) is 0 Å². The molecule has 1 aromatic heterocycles. The van der Waals surface area contributed by atoms with Crippen molar-refractivity contribution >= 4 is 0 Å². The van der Waals surface area contributed by atoms with Crippen LogP contribution in [0.1, 0.15) is 76.9 Å². The Morgan fingerprint density at radius 3 is 2.25 bits per heavy atom. The molecule has 114 valence electrons. The smallest absolute Gasteiger partial charge is 0.325 e. The molecule has 0 spiro atoms. The molecule has 0 atom stereocenters. The van der Waals surface area contributed by atoms with E-state index in [1.807, 2.05) is 20.0 Å². The zero-order chi connectivity index (χ0) is 14.6. The van der Waals surface area contributed by atoms with Crippen LogP contribution >= 0.6 is 0 Å². The van der Waals surface area contributed by atoms with Gasteiger partial charge in [0.25, 0.3) is 0 Å². The Morgan fingerprint density at radius 2 is 1.75 bits per heavy atom. The Balaban J connectivity index is 2.09. The van der Waals surface area contributed by atoms with E-state index in [9.17, 15) is 4.79 Å². The number of imidazole rings is 1. The van der Waals surface area contributed by atoms with Crippen molar-refractivity contribution < 1.29 is 0 Å². The number of nitrogens with one attached hydrogen (secondary N) is 1. The van der Waals surface area contributed by atoms with Crippen LogP contribution in [0.5, 0.6) is 0 Å². The van der Waals surface area contributed by atoms with Crippen LogP contribution in [0.25, 0.3) is 0 Å². The molecule has 2 rings (SSSR count). The van der Waals surface area contributed by atoms with Gasteiger partial charge in [0.15, 0.2) is 0 Å². The third kappa shape index (κ3) is 3.98. The van der Waals surface area contributed by atoms with Gasteiger partial charge in [0, 0.05) is 29.9 Å². The molecule has 20 heavy (non-hydrogen) atoms. The van der Waals surface area contributed by atoms with Gasteiger partial charge < -0.3 is 10.7 Å². The zero-order valence-electron chi connectivity index (χ0n) is 13.0. The third-order valence-corrected chi connectivity index (χ3v) is 4.50. The molecule has 0 aliphatic heterocycles. The van der Waals surface area contributed by atoms with Crippen LogP contribution in [0.3, 0.4) is 0 Å². The summed E-state index contributed by atoms with van der Waals surface area (Å²) >= 11 is 0.